The minimum absolute atomic E-state index is 0.0765. The lowest BCUT2D eigenvalue weighted by Crippen LogP contribution is -2.32. The van der Waals surface area contributed by atoms with E-state index in [1.807, 2.05) is 18.2 Å². The Labute approximate surface area is 175 Å². The quantitative estimate of drug-likeness (QED) is 0.731. The Hall–Kier alpha value is -1.93. The fraction of sp³-hybridized carbons (Fsp3) is 0.381. The van der Waals surface area contributed by atoms with Crippen LogP contribution < -0.4 is 10.0 Å². The first-order chi connectivity index (χ1) is 13.9. The van der Waals surface area contributed by atoms with Crippen molar-refractivity contribution in [1.29, 1.82) is 0 Å². The zero-order valence-electron chi connectivity index (χ0n) is 15.9. The summed E-state index contributed by atoms with van der Waals surface area (Å²) in [6.07, 6.45) is 3.35. The number of fused-ring (bicyclic) bond motifs is 1. The number of halogens is 1. The van der Waals surface area contributed by atoms with Crippen molar-refractivity contribution in [3.05, 3.63) is 64.2 Å². The molecule has 1 amide bonds. The molecule has 29 heavy (non-hydrogen) atoms. The Morgan fingerprint density at radius 2 is 2.00 bits per heavy atom. The van der Waals surface area contributed by atoms with Gasteiger partial charge in [-0.05, 0) is 55.0 Å². The molecule has 154 valence electrons. The molecule has 1 saturated heterocycles. The Kier molecular flexibility index (Phi) is 5.92. The standard InChI is InChI=1S/C21H23ClN2O4S/c22-18-9-7-15(12-20(18)29(26,27)23-13-16-5-3-11-28-16)21(25)24-19-10-8-14-4-1-2-6-17(14)19/h1-2,4,6-7,9,12,16,19,23H,3,5,8,10-11,13H2,(H,24,25). The largest absolute Gasteiger partial charge is 0.377 e. The number of sulfonamides is 1. The average Bonchev–Trinajstić information content (AvgIpc) is 3.37. The summed E-state index contributed by atoms with van der Waals surface area (Å²) in [4.78, 5) is 12.7. The molecule has 2 unspecified atom stereocenters. The van der Waals surface area contributed by atoms with E-state index >= 15 is 0 Å². The van der Waals surface area contributed by atoms with Crippen LogP contribution in [0.5, 0.6) is 0 Å². The highest BCUT2D eigenvalue weighted by Gasteiger charge is 2.26. The van der Waals surface area contributed by atoms with E-state index in [0.29, 0.717) is 6.61 Å². The number of hydrogen-bond donors (Lipinski definition) is 2. The zero-order valence-corrected chi connectivity index (χ0v) is 17.4. The van der Waals surface area contributed by atoms with Gasteiger partial charge < -0.3 is 10.1 Å². The van der Waals surface area contributed by atoms with Crippen molar-refractivity contribution in [2.75, 3.05) is 13.2 Å². The lowest BCUT2D eigenvalue weighted by molar-refractivity contribution is 0.0936. The van der Waals surface area contributed by atoms with Crippen molar-refractivity contribution in [2.45, 2.75) is 42.7 Å². The number of ether oxygens (including phenoxy) is 1. The summed E-state index contributed by atoms with van der Waals surface area (Å²) < 4.78 is 33.4. The molecular weight excluding hydrogens is 412 g/mol. The van der Waals surface area contributed by atoms with Crippen molar-refractivity contribution in [3.63, 3.8) is 0 Å². The summed E-state index contributed by atoms with van der Waals surface area (Å²) in [5, 5.41) is 3.09. The number of carbonyl (C=O) groups is 1. The number of amides is 1. The molecule has 1 fully saturated rings. The van der Waals surface area contributed by atoms with Crippen LogP contribution in [0.2, 0.25) is 5.02 Å². The summed E-state index contributed by atoms with van der Waals surface area (Å²) >= 11 is 6.14. The van der Waals surface area contributed by atoms with Gasteiger partial charge >= 0.3 is 0 Å². The number of nitrogens with one attached hydrogen (secondary N) is 2. The minimum Gasteiger partial charge on any atom is -0.377 e. The van der Waals surface area contributed by atoms with E-state index in [2.05, 4.69) is 16.1 Å². The SMILES string of the molecule is O=C(NC1CCc2ccccc21)c1ccc(Cl)c(S(=O)(=O)NCC2CCCO2)c1. The molecule has 0 spiro atoms. The number of hydrogen-bond acceptors (Lipinski definition) is 4. The van der Waals surface area contributed by atoms with Gasteiger partial charge in [0.15, 0.2) is 0 Å². The van der Waals surface area contributed by atoms with E-state index in [0.717, 1.165) is 31.2 Å². The number of aryl methyl sites for hydroxylation is 1. The highest BCUT2D eigenvalue weighted by molar-refractivity contribution is 7.89. The first-order valence-electron chi connectivity index (χ1n) is 9.73. The van der Waals surface area contributed by atoms with Crippen LogP contribution in [0.3, 0.4) is 0 Å². The van der Waals surface area contributed by atoms with E-state index < -0.39 is 10.0 Å². The molecule has 1 heterocycles. The van der Waals surface area contributed by atoms with Crippen LogP contribution in [0.15, 0.2) is 47.4 Å². The molecular formula is C21H23ClN2O4S. The number of rotatable bonds is 6. The Balaban J connectivity index is 1.49. The van der Waals surface area contributed by atoms with Crippen molar-refractivity contribution in [2.24, 2.45) is 0 Å². The molecule has 0 bridgehead atoms. The average molecular weight is 435 g/mol. The Morgan fingerprint density at radius 3 is 2.79 bits per heavy atom. The third-order valence-corrected chi connectivity index (χ3v) is 7.35. The third kappa shape index (κ3) is 4.48. The lowest BCUT2D eigenvalue weighted by Gasteiger charge is -2.16. The van der Waals surface area contributed by atoms with Gasteiger partial charge in [0, 0.05) is 18.7 Å². The Morgan fingerprint density at radius 1 is 1.17 bits per heavy atom. The van der Waals surface area contributed by atoms with E-state index in [1.165, 1.54) is 23.8 Å². The molecule has 2 N–H and O–H groups in total. The molecule has 0 aromatic heterocycles. The van der Waals surface area contributed by atoms with Gasteiger partial charge in [0.25, 0.3) is 5.91 Å². The number of carbonyl (C=O) groups excluding carboxylic acids is 1. The second kappa shape index (κ2) is 8.44. The molecule has 1 aliphatic heterocycles. The van der Waals surface area contributed by atoms with Crippen molar-refractivity contribution >= 4 is 27.5 Å². The van der Waals surface area contributed by atoms with E-state index in [9.17, 15) is 13.2 Å². The van der Waals surface area contributed by atoms with Gasteiger partial charge in [0.2, 0.25) is 10.0 Å². The summed E-state index contributed by atoms with van der Waals surface area (Å²) in [6, 6.07) is 12.3. The predicted octanol–water partition coefficient (Wildman–Crippen LogP) is 3.21. The molecule has 1 aliphatic carbocycles. The van der Waals surface area contributed by atoms with Crippen LogP contribution in [0.4, 0.5) is 0 Å². The lowest BCUT2D eigenvalue weighted by atomic mass is 10.1. The fourth-order valence-electron chi connectivity index (χ4n) is 3.88. The maximum Gasteiger partial charge on any atom is 0.251 e. The monoisotopic (exact) mass is 434 g/mol. The minimum atomic E-state index is -3.85. The van der Waals surface area contributed by atoms with Gasteiger partial charge in [-0.3, -0.25) is 4.79 Å². The summed E-state index contributed by atoms with van der Waals surface area (Å²) in [6.45, 7) is 0.834. The van der Waals surface area contributed by atoms with Crippen LogP contribution in [0.25, 0.3) is 0 Å². The van der Waals surface area contributed by atoms with Crippen LogP contribution in [0, 0.1) is 0 Å². The van der Waals surface area contributed by atoms with Crippen molar-refractivity contribution in [3.8, 4) is 0 Å². The van der Waals surface area contributed by atoms with Crippen LogP contribution in [-0.4, -0.2) is 33.6 Å². The van der Waals surface area contributed by atoms with Gasteiger partial charge in [-0.25, -0.2) is 13.1 Å². The van der Waals surface area contributed by atoms with E-state index in [1.54, 1.807) is 0 Å². The van der Waals surface area contributed by atoms with Crippen molar-refractivity contribution < 1.29 is 17.9 Å². The fourth-order valence-corrected chi connectivity index (χ4v) is 5.47. The highest BCUT2D eigenvalue weighted by Crippen LogP contribution is 2.31. The zero-order chi connectivity index (χ0) is 20.4. The molecule has 2 aromatic carbocycles. The normalized spacial score (nSPS) is 21.1. The predicted molar refractivity (Wildman–Crippen MR) is 111 cm³/mol. The first kappa shape index (κ1) is 20.3. The maximum absolute atomic E-state index is 12.8. The molecule has 6 nitrogen and oxygen atoms in total. The van der Waals surface area contributed by atoms with Crippen LogP contribution in [-0.2, 0) is 21.2 Å². The summed E-state index contributed by atoms with van der Waals surface area (Å²) in [5.74, 6) is -0.320. The second-order valence-corrected chi connectivity index (χ2v) is 9.54. The van der Waals surface area contributed by atoms with Gasteiger partial charge in [-0.2, -0.15) is 0 Å². The molecule has 8 heteroatoms. The highest BCUT2D eigenvalue weighted by atomic mass is 35.5. The second-order valence-electron chi connectivity index (χ2n) is 7.40. The van der Waals surface area contributed by atoms with Crippen LogP contribution >= 0.6 is 11.6 Å². The maximum atomic E-state index is 12.8. The molecule has 2 aliphatic rings. The van der Waals surface area contributed by atoms with Crippen LogP contribution in [0.1, 0.15) is 46.8 Å². The van der Waals surface area contributed by atoms with Gasteiger partial charge in [0.05, 0.1) is 17.2 Å². The van der Waals surface area contributed by atoms with E-state index in [4.69, 9.17) is 16.3 Å². The summed E-state index contributed by atoms with van der Waals surface area (Å²) in [5.41, 5.74) is 2.60. The smallest absolute Gasteiger partial charge is 0.251 e. The van der Waals surface area contributed by atoms with Gasteiger partial charge in [0.1, 0.15) is 4.90 Å². The van der Waals surface area contributed by atoms with Gasteiger partial charge in [-0.15, -0.1) is 0 Å². The molecule has 2 aromatic rings. The Bertz CT molecular complexity index is 1020. The molecule has 0 radical (unpaired) electrons. The molecule has 0 saturated carbocycles. The molecule has 4 rings (SSSR count). The van der Waals surface area contributed by atoms with Crippen molar-refractivity contribution in [1.82, 2.24) is 10.0 Å². The topological polar surface area (TPSA) is 84.5 Å². The third-order valence-electron chi connectivity index (χ3n) is 5.45. The first-order valence-corrected chi connectivity index (χ1v) is 11.6. The van der Waals surface area contributed by atoms with Gasteiger partial charge in [-0.1, -0.05) is 35.9 Å². The van der Waals surface area contributed by atoms with E-state index in [-0.39, 0.29) is 40.1 Å². The number of benzene rings is 2. The molecule has 2 atom stereocenters. The summed E-state index contributed by atoms with van der Waals surface area (Å²) in [7, 11) is -3.85.